The van der Waals surface area contributed by atoms with Crippen molar-refractivity contribution < 1.29 is 19.4 Å². The molecule has 0 spiro atoms. The highest BCUT2D eigenvalue weighted by Crippen LogP contribution is 2.51. The Balaban J connectivity index is 2.31. The van der Waals surface area contributed by atoms with Crippen LogP contribution in [0, 0.1) is 10.8 Å². The van der Waals surface area contributed by atoms with Gasteiger partial charge in [0.05, 0.1) is 0 Å². The Labute approximate surface area is 149 Å². The van der Waals surface area contributed by atoms with Gasteiger partial charge in [0.25, 0.3) is 5.91 Å². The minimum absolute atomic E-state index is 0.0630. The summed E-state index contributed by atoms with van der Waals surface area (Å²) in [6.45, 7) is 11.2. The van der Waals surface area contributed by atoms with Gasteiger partial charge in [0.15, 0.2) is 11.2 Å². The molecule has 1 heterocycles. The summed E-state index contributed by atoms with van der Waals surface area (Å²) < 4.78 is 5.60. The van der Waals surface area contributed by atoms with Gasteiger partial charge in [-0.1, -0.05) is 71.9 Å². The Hall–Kier alpha value is -1.88. The van der Waals surface area contributed by atoms with Crippen LogP contribution in [0.25, 0.3) is 0 Å². The van der Waals surface area contributed by atoms with Crippen molar-refractivity contribution in [3.63, 3.8) is 0 Å². The van der Waals surface area contributed by atoms with E-state index in [0.29, 0.717) is 6.54 Å². The lowest BCUT2D eigenvalue weighted by molar-refractivity contribution is -0.175. The van der Waals surface area contributed by atoms with E-state index in [2.05, 4.69) is 5.32 Å². The molecule has 0 bridgehead atoms. The number of carbonyl (C=O) groups excluding carboxylic acids is 2. The number of hydrogen-bond acceptors (Lipinski definition) is 4. The molecular weight excluding hydrogens is 318 g/mol. The fourth-order valence-electron chi connectivity index (χ4n) is 3.09. The standard InChI is InChI=1S/C20H29NO4/c1-17(2,3)19(24)13-20(18(4,5)6,25-16(19)23)15(22)21-12-14-10-8-7-9-11-14/h7-11,24H,12-13H2,1-6H3,(H,21,22)/t19-,20+/m0/s1. The first kappa shape index (κ1) is 19.4. The average molecular weight is 347 g/mol. The summed E-state index contributed by atoms with van der Waals surface area (Å²) in [5.41, 5.74) is -3.57. The predicted molar refractivity (Wildman–Crippen MR) is 95.6 cm³/mol. The molecule has 0 saturated carbocycles. The van der Waals surface area contributed by atoms with E-state index in [1.54, 1.807) is 20.8 Å². The zero-order valence-electron chi connectivity index (χ0n) is 16.0. The van der Waals surface area contributed by atoms with E-state index in [1.165, 1.54) is 0 Å². The molecule has 138 valence electrons. The van der Waals surface area contributed by atoms with E-state index in [-0.39, 0.29) is 12.3 Å². The van der Waals surface area contributed by atoms with Crippen LogP contribution in [-0.4, -0.2) is 28.2 Å². The van der Waals surface area contributed by atoms with Gasteiger partial charge in [-0.05, 0) is 5.56 Å². The number of esters is 1. The Morgan fingerprint density at radius 1 is 1.12 bits per heavy atom. The quantitative estimate of drug-likeness (QED) is 0.825. The summed E-state index contributed by atoms with van der Waals surface area (Å²) in [5, 5.41) is 13.8. The van der Waals surface area contributed by atoms with Crippen LogP contribution in [0.1, 0.15) is 53.5 Å². The SMILES string of the molecule is CC(C)(C)[C@]1(O)C[C@@](C(=O)NCc2ccccc2)(C(C)(C)C)OC1=O. The lowest BCUT2D eigenvalue weighted by atomic mass is 9.66. The molecule has 2 rings (SSSR count). The first-order valence-electron chi connectivity index (χ1n) is 8.62. The maximum Gasteiger partial charge on any atom is 0.339 e. The minimum Gasteiger partial charge on any atom is -0.446 e. The first-order valence-corrected chi connectivity index (χ1v) is 8.62. The van der Waals surface area contributed by atoms with Gasteiger partial charge in [0.1, 0.15) is 0 Å². The fraction of sp³-hybridized carbons (Fsp3) is 0.600. The molecule has 1 amide bonds. The van der Waals surface area contributed by atoms with Crippen molar-refractivity contribution >= 4 is 11.9 Å². The van der Waals surface area contributed by atoms with Crippen LogP contribution in [0.15, 0.2) is 30.3 Å². The molecule has 25 heavy (non-hydrogen) atoms. The predicted octanol–water partition coefficient (Wildman–Crippen LogP) is 2.81. The maximum absolute atomic E-state index is 13.0. The molecule has 1 aromatic rings. The first-order chi connectivity index (χ1) is 11.3. The van der Waals surface area contributed by atoms with Crippen molar-refractivity contribution in [2.24, 2.45) is 10.8 Å². The summed E-state index contributed by atoms with van der Waals surface area (Å²) >= 11 is 0. The number of carbonyl (C=O) groups is 2. The smallest absolute Gasteiger partial charge is 0.339 e. The van der Waals surface area contributed by atoms with Crippen molar-refractivity contribution in [3.8, 4) is 0 Å². The number of amides is 1. The molecule has 0 unspecified atom stereocenters. The highest BCUT2D eigenvalue weighted by molar-refractivity contribution is 5.95. The van der Waals surface area contributed by atoms with E-state index in [0.717, 1.165) is 5.56 Å². The summed E-state index contributed by atoms with van der Waals surface area (Å²) in [6, 6.07) is 9.53. The molecule has 0 radical (unpaired) electrons. The molecule has 1 aliphatic rings. The average Bonchev–Trinajstić information content (AvgIpc) is 2.79. The molecule has 0 aliphatic carbocycles. The van der Waals surface area contributed by atoms with Crippen molar-refractivity contribution in [1.29, 1.82) is 0 Å². The summed E-state index contributed by atoms with van der Waals surface area (Å²) in [4.78, 5) is 25.6. The molecular formula is C20H29NO4. The van der Waals surface area contributed by atoms with Gasteiger partial charge in [-0.15, -0.1) is 0 Å². The summed E-state index contributed by atoms with van der Waals surface area (Å²) in [5.74, 6) is -1.11. The Bertz CT molecular complexity index is 657. The van der Waals surface area contributed by atoms with E-state index >= 15 is 0 Å². The topological polar surface area (TPSA) is 75.6 Å². The van der Waals surface area contributed by atoms with Crippen LogP contribution in [0.4, 0.5) is 0 Å². The third-order valence-electron chi connectivity index (χ3n) is 5.22. The second-order valence-corrected chi connectivity index (χ2v) is 8.92. The number of benzene rings is 1. The van der Waals surface area contributed by atoms with Crippen molar-refractivity contribution in [2.75, 3.05) is 0 Å². The van der Waals surface area contributed by atoms with Crippen LogP contribution >= 0.6 is 0 Å². The normalized spacial score (nSPS) is 27.1. The van der Waals surface area contributed by atoms with E-state index in [1.807, 2.05) is 51.1 Å². The number of aliphatic hydroxyl groups is 1. The highest BCUT2D eigenvalue weighted by Gasteiger charge is 2.67. The molecule has 1 aromatic carbocycles. The zero-order chi connectivity index (χ0) is 19.1. The largest absolute Gasteiger partial charge is 0.446 e. The third-order valence-corrected chi connectivity index (χ3v) is 5.22. The van der Waals surface area contributed by atoms with Crippen LogP contribution in [0.2, 0.25) is 0 Å². The number of nitrogens with one attached hydrogen (secondary N) is 1. The van der Waals surface area contributed by atoms with E-state index in [9.17, 15) is 14.7 Å². The van der Waals surface area contributed by atoms with Crippen molar-refractivity contribution in [1.82, 2.24) is 5.32 Å². The van der Waals surface area contributed by atoms with Gasteiger partial charge in [0.2, 0.25) is 0 Å². The second-order valence-electron chi connectivity index (χ2n) is 8.92. The van der Waals surface area contributed by atoms with Gasteiger partial charge in [0, 0.05) is 23.8 Å². The second kappa shape index (κ2) is 6.13. The van der Waals surface area contributed by atoms with Crippen LogP contribution < -0.4 is 5.32 Å². The highest BCUT2D eigenvalue weighted by atomic mass is 16.6. The number of rotatable bonds is 3. The number of ether oxygens (including phenoxy) is 1. The molecule has 1 fully saturated rings. The summed E-state index contributed by atoms with van der Waals surface area (Å²) in [7, 11) is 0. The van der Waals surface area contributed by atoms with E-state index < -0.39 is 28.0 Å². The Morgan fingerprint density at radius 3 is 2.12 bits per heavy atom. The number of hydrogen-bond donors (Lipinski definition) is 2. The lowest BCUT2D eigenvalue weighted by Gasteiger charge is -2.40. The van der Waals surface area contributed by atoms with Gasteiger partial charge in [-0.2, -0.15) is 0 Å². The van der Waals surface area contributed by atoms with E-state index in [4.69, 9.17) is 4.74 Å². The summed E-state index contributed by atoms with van der Waals surface area (Å²) in [6.07, 6.45) is -0.0630. The zero-order valence-corrected chi connectivity index (χ0v) is 16.0. The minimum atomic E-state index is -1.70. The molecule has 0 aromatic heterocycles. The van der Waals surface area contributed by atoms with Crippen molar-refractivity contribution in [3.05, 3.63) is 35.9 Å². The van der Waals surface area contributed by atoms with Crippen LogP contribution in [-0.2, 0) is 20.9 Å². The Morgan fingerprint density at radius 2 is 1.68 bits per heavy atom. The van der Waals surface area contributed by atoms with Crippen LogP contribution in [0.3, 0.4) is 0 Å². The monoisotopic (exact) mass is 347 g/mol. The molecule has 5 heteroatoms. The van der Waals surface area contributed by atoms with Gasteiger partial charge >= 0.3 is 5.97 Å². The van der Waals surface area contributed by atoms with Gasteiger partial charge in [-0.25, -0.2) is 4.79 Å². The number of cyclic esters (lactones) is 1. The molecule has 1 saturated heterocycles. The van der Waals surface area contributed by atoms with Gasteiger partial charge < -0.3 is 15.2 Å². The lowest BCUT2D eigenvalue weighted by Crippen LogP contribution is -2.56. The van der Waals surface area contributed by atoms with Gasteiger partial charge in [-0.3, -0.25) is 4.79 Å². The Kier molecular flexibility index (Phi) is 4.77. The molecule has 2 N–H and O–H groups in total. The molecule has 1 aliphatic heterocycles. The van der Waals surface area contributed by atoms with Crippen molar-refractivity contribution in [2.45, 2.75) is 65.7 Å². The molecule has 2 atom stereocenters. The fourth-order valence-corrected chi connectivity index (χ4v) is 3.09. The molecule has 5 nitrogen and oxygen atoms in total. The maximum atomic E-state index is 13.0. The third kappa shape index (κ3) is 3.30. The van der Waals surface area contributed by atoms with Crippen LogP contribution in [0.5, 0.6) is 0 Å².